The summed E-state index contributed by atoms with van der Waals surface area (Å²) in [6.07, 6.45) is -1.01. The molecule has 0 unspecified atom stereocenters. The van der Waals surface area contributed by atoms with E-state index in [1.807, 2.05) is 6.92 Å². The zero-order valence-electron chi connectivity index (χ0n) is 14.3. The molecule has 0 bridgehead atoms. The molecule has 2 heterocycles. The Morgan fingerprint density at radius 1 is 1.12 bits per heavy atom. The summed E-state index contributed by atoms with van der Waals surface area (Å²) in [5.41, 5.74) is 0.969. The van der Waals surface area contributed by atoms with Crippen molar-refractivity contribution in [3.8, 4) is 0 Å². The van der Waals surface area contributed by atoms with Gasteiger partial charge in [-0.15, -0.1) is 0 Å². The van der Waals surface area contributed by atoms with Crippen LogP contribution in [0, 0.1) is 6.92 Å². The second kappa shape index (κ2) is 7.41. The van der Waals surface area contributed by atoms with Crippen LogP contribution in [-0.4, -0.2) is 51.9 Å². The fourth-order valence-corrected chi connectivity index (χ4v) is 2.85. The zero-order valence-corrected chi connectivity index (χ0v) is 14.3. The van der Waals surface area contributed by atoms with Crippen molar-refractivity contribution < 1.29 is 18.0 Å². The van der Waals surface area contributed by atoms with Gasteiger partial charge in [-0.05, 0) is 25.1 Å². The lowest BCUT2D eigenvalue weighted by Crippen LogP contribution is -2.48. The zero-order chi connectivity index (χ0) is 18.7. The molecule has 0 spiro atoms. The molecule has 3 rings (SSSR count). The maximum absolute atomic E-state index is 12.8. The van der Waals surface area contributed by atoms with Crippen LogP contribution in [-0.2, 0) is 12.7 Å². The van der Waals surface area contributed by atoms with E-state index in [9.17, 15) is 18.0 Å². The Morgan fingerprint density at radius 3 is 2.46 bits per heavy atom. The maximum Gasteiger partial charge on any atom is 0.416 e. The molecule has 0 saturated carbocycles. The van der Waals surface area contributed by atoms with E-state index < -0.39 is 11.7 Å². The third-order valence-corrected chi connectivity index (χ3v) is 4.32. The molecule has 1 aliphatic rings. The van der Waals surface area contributed by atoms with E-state index in [2.05, 4.69) is 14.9 Å². The molecular formula is C18H19F3N4O. The second-order valence-corrected chi connectivity index (χ2v) is 6.30. The fraction of sp³-hybridized carbons (Fsp3) is 0.389. The first kappa shape index (κ1) is 18.3. The number of halogens is 3. The molecule has 2 aromatic rings. The SMILES string of the molecule is Cc1cnc(CN2CCN(C(=O)c3cccc(C(F)(F)F)c3)CC2)cn1. The molecule has 1 saturated heterocycles. The van der Waals surface area contributed by atoms with Gasteiger partial charge in [0, 0.05) is 50.7 Å². The van der Waals surface area contributed by atoms with E-state index in [0.29, 0.717) is 32.7 Å². The molecule has 1 amide bonds. The summed E-state index contributed by atoms with van der Waals surface area (Å²) in [5.74, 6) is -0.370. The summed E-state index contributed by atoms with van der Waals surface area (Å²) >= 11 is 0. The molecule has 1 aromatic carbocycles. The Bertz CT molecular complexity index is 769. The third-order valence-electron chi connectivity index (χ3n) is 4.32. The Balaban J connectivity index is 1.59. The summed E-state index contributed by atoms with van der Waals surface area (Å²) in [7, 11) is 0. The average Bonchev–Trinajstić information content (AvgIpc) is 2.63. The first-order chi connectivity index (χ1) is 12.3. The number of rotatable bonds is 3. The molecule has 0 aliphatic carbocycles. The highest BCUT2D eigenvalue weighted by Crippen LogP contribution is 2.29. The lowest BCUT2D eigenvalue weighted by atomic mass is 10.1. The lowest BCUT2D eigenvalue weighted by molar-refractivity contribution is -0.137. The molecule has 0 N–H and O–H groups in total. The van der Waals surface area contributed by atoms with E-state index >= 15 is 0 Å². The summed E-state index contributed by atoms with van der Waals surface area (Å²) in [4.78, 5) is 24.8. The van der Waals surface area contributed by atoms with E-state index in [4.69, 9.17) is 0 Å². The number of amides is 1. The number of carbonyl (C=O) groups is 1. The van der Waals surface area contributed by atoms with Gasteiger partial charge in [0.1, 0.15) is 0 Å². The Morgan fingerprint density at radius 2 is 1.85 bits per heavy atom. The van der Waals surface area contributed by atoms with Gasteiger partial charge in [0.2, 0.25) is 0 Å². The van der Waals surface area contributed by atoms with Crippen LogP contribution in [0.25, 0.3) is 0 Å². The van der Waals surface area contributed by atoms with Gasteiger partial charge >= 0.3 is 6.18 Å². The molecule has 1 aliphatic heterocycles. The molecule has 1 aromatic heterocycles. The molecule has 8 heteroatoms. The van der Waals surface area contributed by atoms with Crippen LogP contribution in [0.1, 0.15) is 27.3 Å². The number of benzene rings is 1. The van der Waals surface area contributed by atoms with Gasteiger partial charge in [0.05, 0.1) is 17.0 Å². The molecular weight excluding hydrogens is 345 g/mol. The highest BCUT2D eigenvalue weighted by Gasteiger charge is 2.31. The summed E-state index contributed by atoms with van der Waals surface area (Å²) < 4.78 is 38.4. The largest absolute Gasteiger partial charge is 0.416 e. The normalized spacial score (nSPS) is 15.9. The topological polar surface area (TPSA) is 49.3 Å². The number of nitrogens with zero attached hydrogens (tertiary/aromatic N) is 4. The van der Waals surface area contributed by atoms with Crippen LogP contribution >= 0.6 is 0 Å². The van der Waals surface area contributed by atoms with Gasteiger partial charge in [-0.3, -0.25) is 19.7 Å². The van der Waals surface area contributed by atoms with Crippen LogP contribution in [0.4, 0.5) is 13.2 Å². The molecule has 138 valence electrons. The van der Waals surface area contributed by atoms with Gasteiger partial charge in [-0.25, -0.2) is 0 Å². The third kappa shape index (κ3) is 4.37. The van der Waals surface area contributed by atoms with Gasteiger partial charge in [0.15, 0.2) is 0 Å². The average molecular weight is 364 g/mol. The molecule has 1 fully saturated rings. The predicted molar refractivity (Wildman–Crippen MR) is 89.4 cm³/mol. The van der Waals surface area contributed by atoms with Gasteiger partial charge < -0.3 is 4.90 Å². The van der Waals surface area contributed by atoms with Crippen LogP contribution in [0.5, 0.6) is 0 Å². The number of aromatic nitrogens is 2. The maximum atomic E-state index is 12.8. The number of alkyl halides is 3. The molecule has 0 radical (unpaired) electrons. The molecule has 5 nitrogen and oxygen atoms in total. The van der Waals surface area contributed by atoms with E-state index in [0.717, 1.165) is 23.5 Å². The van der Waals surface area contributed by atoms with Gasteiger partial charge in [-0.2, -0.15) is 13.2 Å². The summed E-state index contributed by atoms with van der Waals surface area (Å²) in [5, 5.41) is 0. The quantitative estimate of drug-likeness (QED) is 0.840. The monoisotopic (exact) mass is 364 g/mol. The smallest absolute Gasteiger partial charge is 0.336 e. The fourth-order valence-electron chi connectivity index (χ4n) is 2.85. The second-order valence-electron chi connectivity index (χ2n) is 6.30. The minimum absolute atomic E-state index is 0.0673. The first-order valence-corrected chi connectivity index (χ1v) is 8.29. The highest BCUT2D eigenvalue weighted by atomic mass is 19.4. The number of aryl methyl sites for hydroxylation is 1. The standard InChI is InChI=1S/C18H19F3N4O/c1-13-10-23-16(11-22-13)12-24-5-7-25(8-6-24)17(26)14-3-2-4-15(9-14)18(19,20)21/h2-4,9-11H,5-8,12H2,1H3. The van der Waals surface area contributed by atoms with Crippen molar-refractivity contribution in [3.63, 3.8) is 0 Å². The molecule has 26 heavy (non-hydrogen) atoms. The summed E-state index contributed by atoms with van der Waals surface area (Å²) in [6, 6.07) is 4.57. The van der Waals surface area contributed by atoms with Crippen LogP contribution in [0.3, 0.4) is 0 Å². The van der Waals surface area contributed by atoms with Crippen molar-refractivity contribution in [3.05, 3.63) is 59.2 Å². The highest BCUT2D eigenvalue weighted by molar-refractivity contribution is 5.94. The van der Waals surface area contributed by atoms with Crippen molar-refractivity contribution in [1.29, 1.82) is 0 Å². The summed E-state index contributed by atoms with van der Waals surface area (Å²) in [6.45, 7) is 4.72. The minimum Gasteiger partial charge on any atom is -0.336 e. The van der Waals surface area contributed by atoms with Gasteiger partial charge in [0.25, 0.3) is 5.91 Å². The van der Waals surface area contributed by atoms with Crippen molar-refractivity contribution in [1.82, 2.24) is 19.8 Å². The number of hydrogen-bond acceptors (Lipinski definition) is 4. The predicted octanol–water partition coefficient (Wildman–Crippen LogP) is 2.76. The van der Waals surface area contributed by atoms with Crippen molar-refractivity contribution in [2.24, 2.45) is 0 Å². The van der Waals surface area contributed by atoms with Crippen LogP contribution < -0.4 is 0 Å². The van der Waals surface area contributed by atoms with Crippen LogP contribution in [0.2, 0.25) is 0 Å². The Hall–Kier alpha value is -2.48. The van der Waals surface area contributed by atoms with Crippen molar-refractivity contribution >= 4 is 5.91 Å². The van der Waals surface area contributed by atoms with Crippen LogP contribution in [0.15, 0.2) is 36.7 Å². The lowest BCUT2D eigenvalue weighted by Gasteiger charge is -2.34. The number of carbonyl (C=O) groups excluding carboxylic acids is 1. The molecule has 0 atom stereocenters. The van der Waals surface area contributed by atoms with E-state index in [1.165, 1.54) is 12.1 Å². The van der Waals surface area contributed by atoms with Crippen molar-refractivity contribution in [2.45, 2.75) is 19.6 Å². The van der Waals surface area contributed by atoms with Gasteiger partial charge in [-0.1, -0.05) is 6.07 Å². The van der Waals surface area contributed by atoms with Crippen molar-refractivity contribution in [2.75, 3.05) is 26.2 Å². The minimum atomic E-state index is -4.45. The number of hydrogen-bond donors (Lipinski definition) is 0. The Labute approximate surface area is 149 Å². The van der Waals surface area contributed by atoms with E-state index in [1.54, 1.807) is 17.3 Å². The number of piperazine rings is 1. The first-order valence-electron chi connectivity index (χ1n) is 8.29. The Kier molecular flexibility index (Phi) is 5.22. The van der Waals surface area contributed by atoms with E-state index in [-0.39, 0.29) is 11.5 Å².